The Morgan fingerprint density at radius 1 is 1.00 bits per heavy atom. The van der Waals surface area contributed by atoms with Crippen LogP contribution in [0.4, 0.5) is 5.82 Å². The van der Waals surface area contributed by atoms with Gasteiger partial charge in [-0.25, -0.2) is 4.98 Å². The molecular formula is C21H30N4O2. The Labute approximate surface area is 161 Å². The summed E-state index contributed by atoms with van der Waals surface area (Å²) < 4.78 is 0. The number of carbonyl (C=O) groups excluding carboxylic acids is 2. The van der Waals surface area contributed by atoms with E-state index in [1.807, 2.05) is 11.1 Å². The van der Waals surface area contributed by atoms with E-state index in [2.05, 4.69) is 27.3 Å². The maximum Gasteiger partial charge on any atom is 0.225 e. The molecular weight excluding hydrogens is 340 g/mol. The average molecular weight is 370 g/mol. The molecule has 3 heterocycles. The number of nitrogens with one attached hydrogen (secondary N) is 1. The Morgan fingerprint density at radius 2 is 1.81 bits per heavy atom. The molecule has 4 rings (SSSR count). The Morgan fingerprint density at radius 3 is 2.52 bits per heavy atom. The molecule has 6 nitrogen and oxygen atoms in total. The van der Waals surface area contributed by atoms with Gasteiger partial charge in [-0.3, -0.25) is 9.59 Å². The molecule has 27 heavy (non-hydrogen) atoms. The van der Waals surface area contributed by atoms with Gasteiger partial charge in [0.15, 0.2) is 0 Å². The highest BCUT2D eigenvalue weighted by Crippen LogP contribution is 2.32. The van der Waals surface area contributed by atoms with Gasteiger partial charge >= 0.3 is 0 Å². The van der Waals surface area contributed by atoms with E-state index in [4.69, 9.17) is 0 Å². The van der Waals surface area contributed by atoms with Crippen LogP contribution in [0, 0.1) is 11.8 Å². The molecule has 1 N–H and O–H groups in total. The van der Waals surface area contributed by atoms with Crippen molar-refractivity contribution in [2.24, 2.45) is 11.8 Å². The van der Waals surface area contributed by atoms with Crippen LogP contribution in [0.5, 0.6) is 0 Å². The molecule has 2 saturated heterocycles. The molecule has 3 aliphatic rings. The van der Waals surface area contributed by atoms with Gasteiger partial charge in [-0.2, -0.15) is 0 Å². The number of likely N-dealkylation sites (tertiary alicyclic amines) is 1. The summed E-state index contributed by atoms with van der Waals surface area (Å²) in [5.41, 5.74) is 1.02. The highest BCUT2D eigenvalue weighted by molar-refractivity contribution is 5.83. The molecule has 0 unspecified atom stereocenters. The van der Waals surface area contributed by atoms with E-state index in [1.165, 1.54) is 19.3 Å². The second kappa shape index (κ2) is 8.28. The van der Waals surface area contributed by atoms with Crippen LogP contribution in [-0.2, 0) is 16.1 Å². The zero-order valence-corrected chi connectivity index (χ0v) is 16.0. The van der Waals surface area contributed by atoms with Crippen molar-refractivity contribution in [3.05, 3.63) is 23.9 Å². The molecule has 146 valence electrons. The number of anilines is 1. The fourth-order valence-corrected chi connectivity index (χ4v) is 4.14. The van der Waals surface area contributed by atoms with Crippen molar-refractivity contribution < 1.29 is 9.59 Å². The van der Waals surface area contributed by atoms with E-state index in [1.54, 1.807) is 0 Å². The largest absolute Gasteiger partial charge is 0.357 e. The van der Waals surface area contributed by atoms with Gasteiger partial charge in [0, 0.05) is 44.8 Å². The molecule has 1 aromatic heterocycles. The summed E-state index contributed by atoms with van der Waals surface area (Å²) in [6, 6.07) is 4.12. The molecule has 0 aromatic carbocycles. The SMILES string of the molecule is O=C(NCc1ccc(N2CCCCC2)nc1)[C@H]1CCCN(C(=O)C2CC2)C1. The summed E-state index contributed by atoms with van der Waals surface area (Å²) in [5, 5.41) is 3.04. The van der Waals surface area contributed by atoms with Crippen molar-refractivity contribution in [3.63, 3.8) is 0 Å². The Kier molecular flexibility index (Phi) is 5.60. The Bertz CT molecular complexity index is 665. The first-order valence-corrected chi connectivity index (χ1v) is 10.5. The second-order valence-corrected chi connectivity index (χ2v) is 8.19. The highest BCUT2D eigenvalue weighted by Gasteiger charge is 2.36. The lowest BCUT2D eigenvalue weighted by Gasteiger charge is -2.32. The van der Waals surface area contributed by atoms with E-state index >= 15 is 0 Å². The summed E-state index contributed by atoms with van der Waals surface area (Å²) in [5.74, 6) is 1.50. The van der Waals surface area contributed by atoms with Gasteiger partial charge in [0.25, 0.3) is 0 Å². The zero-order valence-electron chi connectivity index (χ0n) is 16.0. The first-order valence-electron chi connectivity index (χ1n) is 10.5. The Hall–Kier alpha value is -2.11. The molecule has 2 aliphatic heterocycles. The van der Waals surface area contributed by atoms with Crippen LogP contribution in [-0.4, -0.2) is 47.9 Å². The highest BCUT2D eigenvalue weighted by atomic mass is 16.2. The molecule has 1 aliphatic carbocycles. The van der Waals surface area contributed by atoms with Crippen molar-refractivity contribution in [1.82, 2.24) is 15.2 Å². The van der Waals surface area contributed by atoms with Crippen LogP contribution in [0.25, 0.3) is 0 Å². The van der Waals surface area contributed by atoms with Crippen molar-refractivity contribution in [2.45, 2.75) is 51.5 Å². The molecule has 6 heteroatoms. The summed E-state index contributed by atoms with van der Waals surface area (Å²) in [6.07, 6.45) is 9.48. The maximum absolute atomic E-state index is 12.6. The van der Waals surface area contributed by atoms with Crippen molar-refractivity contribution >= 4 is 17.6 Å². The van der Waals surface area contributed by atoms with Crippen LogP contribution in [0.2, 0.25) is 0 Å². The third-order valence-corrected chi connectivity index (χ3v) is 5.99. The minimum atomic E-state index is -0.0815. The van der Waals surface area contributed by atoms with Crippen LogP contribution in [0.3, 0.4) is 0 Å². The lowest BCUT2D eigenvalue weighted by molar-refractivity contribution is -0.136. The molecule has 1 atom stereocenters. The quantitative estimate of drug-likeness (QED) is 0.864. The van der Waals surface area contributed by atoms with E-state index in [-0.39, 0.29) is 23.7 Å². The fourth-order valence-electron chi connectivity index (χ4n) is 4.14. The number of carbonyl (C=O) groups is 2. The van der Waals surface area contributed by atoms with E-state index < -0.39 is 0 Å². The van der Waals surface area contributed by atoms with Crippen LogP contribution >= 0.6 is 0 Å². The minimum absolute atomic E-state index is 0.0587. The summed E-state index contributed by atoms with van der Waals surface area (Å²) >= 11 is 0. The monoisotopic (exact) mass is 370 g/mol. The van der Waals surface area contributed by atoms with Crippen molar-refractivity contribution in [1.29, 1.82) is 0 Å². The summed E-state index contributed by atoms with van der Waals surface area (Å²) in [6.45, 7) is 4.05. The number of pyridine rings is 1. The molecule has 1 saturated carbocycles. The van der Waals surface area contributed by atoms with Gasteiger partial charge in [-0.15, -0.1) is 0 Å². The lowest BCUT2D eigenvalue weighted by atomic mass is 9.96. The smallest absolute Gasteiger partial charge is 0.225 e. The molecule has 2 amide bonds. The number of amides is 2. The summed E-state index contributed by atoms with van der Waals surface area (Å²) in [7, 11) is 0. The molecule has 0 bridgehead atoms. The van der Waals surface area contributed by atoms with Gasteiger partial charge in [-0.1, -0.05) is 6.07 Å². The average Bonchev–Trinajstić information content (AvgIpc) is 3.58. The summed E-state index contributed by atoms with van der Waals surface area (Å²) in [4.78, 5) is 33.6. The van der Waals surface area contributed by atoms with Gasteiger partial charge in [0.1, 0.15) is 5.82 Å². The first-order chi connectivity index (χ1) is 13.2. The van der Waals surface area contributed by atoms with E-state index in [9.17, 15) is 9.59 Å². The van der Waals surface area contributed by atoms with Crippen molar-refractivity contribution in [3.8, 4) is 0 Å². The predicted octanol–water partition coefficient (Wildman–Crippen LogP) is 2.34. The van der Waals surface area contributed by atoms with E-state index in [0.29, 0.717) is 13.1 Å². The number of aromatic nitrogens is 1. The third kappa shape index (κ3) is 4.60. The van der Waals surface area contributed by atoms with Gasteiger partial charge < -0.3 is 15.1 Å². The number of rotatable bonds is 5. The minimum Gasteiger partial charge on any atom is -0.357 e. The number of hydrogen-bond acceptors (Lipinski definition) is 4. The first kappa shape index (κ1) is 18.3. The lowest BCUT2D eigenvalue weighted by Crippen LogP contribution is -2.45. The van der Waals surface area contributed by atoms with E-state index in [0.717, 1.165) is 56.7 Å². The molecule has 1 aromatic rings. The number of nitrogens with zero attached hydrogens (tertiary/aromatic N) is 3. The fraction of sp³-hybridized carbons (Fsp3) is 0.667. The van der Waals surface area contributed by atoms with Crippen LogP contribution < -0.4 is 10.2 Å². The van der Waals surface area contributed by atoms with Gasteiger partial charge in [-0.05, 0) is 56.6 Å². The Balaban J connectivity index is 1.26. The normalized spacial score (nSPS) is 23.2. The van der Waals surface area contributed by atoms with Crippen LogP contribution in [0.15, 0.2) is 18.3 Å². The second-order valence-electron chi connectivity index (χ2n) is 8.19. The zero-order chi connectivity index (χ0) is 18.6. The predicted molar refractivity (Wildman–Crippen MR) is 104 cm³/mol. The number of hydrogen-bond donors (Lipinski definition) is 1. The molecule has 0 spiro atoms. The van der Waals surface area contributed by atoms with Crippen molar-refractivity contribution in [2.75, 3.05) is 31.1 Å². The standard InChI is InChI=1S/C21H30N4O2/c26-20(18-5-4-12-25(15-18)21(27)17-7-8-17)23-14-16-6-9-19(22-13-16)24-10-2-1-3-11-24/h6,9,13,17-18H,1-5,7-8,10-12,14-15H2,(H,23,26)/t18-/m0/s1. The van der Waals surface area contributed by atoms with Gasteiger partial charge in [0.2, 0.25) is 11.8 Å². The number of piperidine rings is 2. The molecule has 0 radical (unpaired) electrons. The topological polar surface area (TPSA) is 65.5 Å². The third-order valence-electron chi connectivity index (χ3n) is 5.99. The maximum atomic E-state index is 12.6. The van der Waals surface area contributed by atoms with Crippen LogP contribution in [0.1, 0.15) is 50.5 Å². The molecule has 3 fully saturated rings. The van der Waals surface area contributed by atoms with Gasteiger partial charge in [0.05, 0.1) is 5.92 Å².